The van der Waals surface area contributed by atoms with Gasteiger partial charge < -0.3 is 5.32 Å². The number of hydrogen-bond acceptors (Lipinski definition) is 4. The van der Waals surface area contributed by atoms with E-state index in [1.807, 2.05) is 30.3 Å². The van der Waals surface area contributed by atoms with E-state index in [9.17, 15) is 14.9 Å². The molecule has 2 N–H and O–H groups in total. The van der Waals surface area contributed by atoms with Crippen LogP contribution in [0.15, 0.2) is 59.6 Å². The van der Waals surface area contributed by atoms with Gasteiger partial charge in [0.2, 0.25) is 5.96 Å². The zero-order valence-corrected chi connectivity index (χ0v) is 13.9. The van der Waals surface area contributed by atoms with E-state index in [0.29, 0.717) is 18.1 Å². The molecule has 0 saturated carbocycles. The second-order valence-corrected chi connectivity index (χ2v) is 5.33. The summed E-state index contributed by atoms with van der Waals surface area (Å²) < 4.78 is 0. The molecule has 0 aromatic heterocycles. The molecule has 0 heterocycles. The lowest BCUT2D eigenvalue weighted by atomic mass is 10.2. The van der Waals surface area contributed by atoms with E-state index in [0.717, 1.165) is 18.5 Å². The molecule has 0 aliphatic heterocycles. The Morgan fingerprint density at radius 3 is 2.40 bits per heavy atom. The molecule has 0 saturated heterocycles. The Labute approximate surface area is 145 Å². The minimum absolute atomic E-state index is 0.0594. The highest BCUT2D eigenvalue weighted by molar-refractivity contribution is 6.10. The van der Waals surface area contributed by atoms with Crippen LogP contribution in [0.2, 0.25) is 0 Å². The van der Waals surface area contributed by atoms with Crippen molar-refractivity contribution >= 4 is 23.2 Å². The fraction of sp³-hybridized carbons (Fsp3) is 0.222. The molecule has 0 aliphatic rings. The van der Waals surface area contributed by atoms with E-state index in [2.05, 4.69) is 22.5 Å². The van der Waals surface area contributed by atoms with Crippen LogP contribution in [0.1, 0.15) is 30.1 Å². The number of guanidine groups is 1. The molecule has 0 radical (unpaired) electrons. The summed E-state index contributed by atoms with van der Waals surface area (Å²) in [5.41, 5.74) is 1.07. The molecule has 0 fully saturated rings. The number of nitro benzene ring substituents is 1. The van der Waals surface area contributed by atoms with E-state index in [1.54, 1.807) is 0 Å². The van der Waals surface area contributed by atoms with Crippen molar-refractivity contribution in [2.45, 2.75) is 19.8 Å². The molecule has 7 heteroatoms. The maximum absolute atomic E-state index is 12.4. The van der Waals surface area contributed by atoms with E-state index in [-0.39, 0.29) is 11.6 Å². The summed E-state index contributed by atoms with van der Waals surface area (Å²) in [6.07, 6.45) is 1.91. The van der Waals surface area contributed by atoms with Gasteiger partial charge in [-0.2, -0.15) is 0 Å². The lowest BCUT2D eigenvalue weighted by Crippen LogP contribution is -2.36. The van der Waals surface area contributed by atoms with Crippen molar-refractivity contribution in [3.05, 3.63) is 70.3 Å². The van der Waals surface area contributed by atoms with Crippen molar-refractivity contribution in [2.75, 3.05) is 11.9 Å². The summed E-state index contributed by atoms with van der Waals surface area (Å²) in [6, 6.07) is 14.8. The van der Waals surface area contributed by atoms with E-state index in [1.165, 1.54) is 24.3 Å². The first-order chi connectivity index (χ1) is 12.1. The first-order valence-electron chi connectivity index (χ1n) is 8.02. The number of non-ortho nitro benzene ring substituents is 1. The normalized spacial score (nSPS) is 11.0. The molecular weight excluding hydrogens is 320 g/mol. The Balaban J connectivity index is 2.10. The number of hydrogen-bond donors (Lipinski definition) is 2. The Morgan fingerprint density at radius 1 is 1.12 bits per heavy atom. The van der Waals surface area contributed by atoms with Crippen molar-refractivity contribution in [3.8, 4) is 0 Å². The Kier molecular flexibility index (Phi) is 6.65. The number of aliphatic imine (C=N–C) groups is 1. The average Bonchev–Trinajstić information content (AvgIpc) is 2.62. The second kappa shape index (κ2) is 9.17. The maximum atomic E-state index is 12.4. The van der Waals surface area contributed by atoms with Crippen LogP contribution in [0.4, 0.5) is 11.4 Å². The number of rotatable bonds is 6. The zero-order chi connectivity index (χ0) is 18.1. The number of nitrogens with one attached hydrogen (secondary N) is 2. The minimum atomic E-state index is -0.504. The molecule has 2 aromatic carbocycles. The zero-order valence-electron chi connectivity index (χ0n) is 13.9. The van der Waals surface area contributed by atoms with Gasteiger partial charge in [-0.25, -0.2) is 0 Å². The summed E-state index contributed by atoms with van der Waals surface area (Å²) in [6.45, 7) is 2.65. The van der Waals surface area contributed by atoms with Crippen molar-refractivity contribution in [1.29, 1.82) is 0 Å². The lowest BCUT2D eigenvalue weighted by molar-refractivity contribution is -0.384. The highest BCUT2D eigenvalue weighted by Gasteiger charge is 2.11. The van der Waals surface area contributed by atoms with Gasteiger partial charge in [0.05, 0.1) is 4.92 Å². The summed E-state index contributed by atoms with van der Waals surface area (Å²) in [5.74, 6) is -0.0309. The highest BCUT2D eigenvalue weighted by atomic mass is 16.6. The lowest BCUT2D eigenvalue weighted by Gasteiger charge is -2.11. The third-order valence-corrected chi connectivity index (χ3v) is 3.39. The summed E-state index contributed by atoms with van der Waals surface area (Å²) in [7, 11) is 0. The number of amides is 1. The molecule has 0 unspecified atom stereocenters. The van der Waals surface area contributed by atoms with Gasteiger partial charge in [-0.15, -0.1) is 0 Å². The SMILES string of the molecule is CCCCN=C(NC(=O)c1ccc([N+](=O)[O-])cc1)Nc1ccccc1. The van der Waals surface area contributed by atoms with Crippen molar-refractivity contribution in [1.82, 2.24) is 5.32 Å². The molecule has 0 aliphatic carbocycles. The van der Waals surface area contributed by atoms with E-state index < -0.39 is 4.92 Å². The molecule has 0 bridgehead atoms. The Morgan fingerprint density at radius 2 is 1.80 bits per heavy atom. The van der Waals surface area contributed by atoms with E-state index in [4.69, 9.17) is 0 Å². The number of para-hydroxylation sites is 1. The number of benzene rings is 2. The van der Waals surface area contributed by atoms with Crippen molar-refractivity contribution in [3.63, 3.8) is 0 Å². The molecule has 0 spiro atoms. The molecule has 2 rings (SSSR count). The fourth-order valence-corrected chi connectivity index (χ4v) is 2.03. The van der Waals surface area contributed by atoms with Crippen LogP contribution >= 0.6 is 0 Å². The smallest absolute Gasteiger partial charge is 0.269 e. The number of unbranched alkanes of at least 4 members (excludes halogenated alkanes) is 1. The van der Waals surface area contributed by atoms with Crippen molar-refractivity contribution < 1.29 is 9.72 Å². The molecule has 2 aromatic rings. The number of anilines is 1. The molecule has 7 nitrogen and oxygen atoms in total. The Hall–Kier alpha value is -3.22. The van der Waals surface area contributed by atoms with Crippen LogP contribution in [-0.4, -0.2) is 23.3 Å². The fourth-order valence-electron chi connectivity index (χ4n) is 2.03. The predicted octanol–water partition coefficient (Wildman–Crippen LogP) is 3.59. The largest absolute Gasteiger partial charge is 0.326 e. The third kappa shape index (κ3) is 5.72. The highest BCUT2D eigenvalue weighted by Crippen LogP contribution is 2.12. The molecular formula is C18H20N4O3. The van der Waals surface area contributed by atoms with Crippen molar-refractivity contribution in [2.24, 2.45) is 4.99 Å². The van der Waals surface area contributed by atoms with Crippen LogP contribution in [-0.2, 0) is 0 Å². The summed E-state index contributed by atoms with van der Waals surface area (Å²) in [4.78, 5) is 26.9. The first-order valence-corrected chi connectivity index (χ1v) is 8.02. The first kappa shape index (κ1) is 18.1. The topological polar surface area (TPSA) is 96.6 Å². The number of carbonyl (C=O) groups excluding carboxylic acids is 1. The van der Waals surface area contributed by atoms with Gasteiger partial charge in [0.25, 0.3) is 11.6 Å². The minimum Gasteiger partial charge on any atom is -0.326 e. The molecule has 0 atom stereocenters. The van der Waals surface area contributed by atoms with Gasteiger partial charge >= 0.3 is 0 Å². The molecule has 130 valence electrons. The standard InChI is InChI=1S/C18H20N4O3/c1-2-3-13-19-18(20-15-7-5-4-6-8-15)21-17(23)14-9-11-16(12-10-14)22(24)25/h4-12H,2-3,13H2,1H3,(H2,19,20,21,23). The quantitative estimate of drug-likeness (QED) is 0.276. The van der Waals surface area contributed by atoms with E-state index >= 15 is 0 Å². The predicted molar refractivity (Wildman–Crippen MR) is 97.8 cm³/mol. The number of nitrogens with zero attached hydrogens (tertiary/aromatic N) is 2. The van der Waals surface area contributed by atoms with Gasteiger partial charge in [0.15, 0.2) is 0 Å². The molecule has 25 heavy (non-hydrogen) atoms. The Bertz CT molecular complexity index is 743. The molecule has 1 amide bonds. The number of carbonyl (C=O) groups is 1. The van der Waals surface area contributed by atoms with Gasteiger partial charge in [-0.1, -0.05) is 31.5 Å². The van der Waals surface area contributed by atoms with Crippen LogP contribution in [0.25, 0.3) is 0 Å². The third-order valence-electron chi connectivity index (χ3n) is 3.39. The van der Waals surface area contributed by atoms with Crippen LogP contribution in [0.5, 0.6) is 0 Å². The summed E-state index contributed by atoms with van der Waals surface area (Å²) in [5, 5.41) is 16.5. The van der Waals surface area contributed by atoms with Gasteiger partial charge in [-0.05, 0) is 30.7 Å². The number of nitro groups is 1. The van der Waals surface area contributed by atoms with Crippen LogP contribution in [0.3, 0.4) is 0 Å². The van der Waals surface area contributed by atoms with Crippen LogP contribution < -0.4 is 10.6 Å². The monoisotopic (exact) mass is 340 g/mol. The van der Waals surface area contributed by atoms with Gasteiger partial charge in [0, 0.05) is 29.9 Å². The second-order valence-electron chi connectivity index (χ2n) is 5.33. The van der Waals surface area contributed by atoms with Crippen LogP contribution in [0, 0.1) is 10.1 Å². The average molecular weight is 340 g/mol. The van der Waals surface area contributed by atoms with Gasteiger partial charge in [-0.3, -0.25) is 25.2 Å². The maximum Gasteiger partial charge on any atom is 0.269 e. The summed E-state index contributed by atoms with van der Waals surface area (Å²) >= 11 is 0. The van der Waals surface area contributed by atoms with Gasteiger partial charge in [0.1, 0.15) is 0 Å².